The molecule has 0 aromatic heterocycles. The number of carbonyl (C=O) groups is 3. The minimum atomic E-state index is -0.877. The van der Waals surface area contributed by atoms with Gasteiger partial charge in [0.1, 0.15) is 5.75 Å². The Bertz CT molecular complexity index is 630. The van der Waals surface area contributed by atoms with Crippen LogP contribution in [0.15, 0.2) is 24.3 Å². The number of benzene rings is 1. The molecule has 25 heavy (non-hydrogen) atoms. The Morgan fingerprint density at radius 1 is 1.28 bits per heavy atom. The minimum absolute atomic E-state index is 0.0658. The molecular formula is C17H21ClN2O5. The van der Waals surface area contributed by atoms with Crippen LogP contribution in [0, 0.1) is 0 Å². The van der Waals surface area contributed by atoms with Crippen LogP contribution in [0.25, 0.3) is 0 Å². The van der Waals surface area contributed by atoms with Gasteiger partial charge in [0.2, 0.25) is 5.91 Å². The summed E-state index contributed by atoms with van der Waals surface area (Å²) in [6, 6.07) is 6.77. The fourth-order valence-corrected chi connectivity index (χ4v) is 2.06. The SMILES string of the molecule is C[C@@H](Oc1ccc(Cl)cc1)C(=O)OCC(=O)N(C)CC(=O)NC1CC1. The molecule has 1 aromatic carbocycles. The zero-order chi connectivity index (χ0) is 18.4. The number of rotatable bonds is 8. The predicted molar refractivity (Wildman–Crippen MR) is 91.3 cm³/mol. The molecule has 0 heterocycles. The molecule has 0 bridgehead atoms. The molecule has 0 saturated heterocycles. The first-order valence-electron chi connectivity index (χ1n) is 7.97. The molecule has 1 aliphatic carbocycles. The van der Waals surface area contributed by atoms with Gasteiger partial charge in [0, 0.05) is 18.1 Å². The van der Waals surface area contributed by atoms with Crippen LogP contribution in [0.1, 0.15) is 19.8 Å². The largest absolute Gasteiger partial charge is 0.479 e. The third-order valence-corrected chi connectivity index (χ3v) is 3.80. The summed E-state index contributed by atoms with van der Waals surface area (Å²) in [4.78, 5) is 36.7. The molecule has 1 saturated carbocycles. The van der Waals surface area contributed by atoms with Crippen LogP contribution >= 0.6 is 11.6 Å². The van der Waals surface area contributed by atoms with E-state index in [1.54, 1.807) is 24.3 Å². The number of esters is 1. The van der Waals surface area contributed by atoms with Crippen molar-refractivity contribution in [3.05, 3.63) is 29.3 Å². The van der Waals surface area contributed by atoms with E-state index in [4.69, 9.17) is 21.1 Å². The van der Waals surface area contributed by atoms with Crippen molar-refractivity contribution in [2.45, 2.75) is 31.9 Å². The van der Waals surface area contributed by atoms with Gasteiger partial charge >= 0.3 is 5.97 Å². The Balaban J connectivity index is 1.70. The summed E-state index contributed by atoms with van der Waals surface area (Å²) < 4.78 is 10.4. The fourth-order valence-electron chi connectivity index (χ4n) is 1.93. The van der Waals surface area contributed by atoms with Gasteiger partial charge < -0.3 is 19.7 Å². The number of likely N-dealkylation sites (N-methyl/N-ethyl adjacent to an activating group) is 1. The van der Waals surface area contributed by atoms with Gasteiger partial charge in [0.05, 0.1) is 6.54 Å². The molecular weight excluding hydrogens is 348 g/mol. The number of amides is 2. The minimum Gasteiger partial charge on any atom is -0.479 e. The van der Waals surface area contributed by atoms with Crippen LogP contribution in [0.5, 0.6) is 5.75 Å². The number of carbonyl (C=O) groups excluding carboxylic acids is 3. The Morgan fingerprint density at radius 3 is 2.52 bits per heavy atom. The van der Waals surface area contributed by atoms with Gasteiger partial charge in [-0.25, -0.2) is 4.79 Å². The molecule has 1 atom stereocenters. The molecule has 2 amide bonds. The van der Waals surface area contributed by atoms with E-state index in [-0.39, 0.29) is 18.5 Å². The van der Waals surface area contributed by atoms with Crippen molar-refractivity contribution < 1.29 is 23.9 Å². The molecule has 0 radical (unpaired) electrons. The molecule has 8 heteroatoms. The monoisotopic (exact) mass is 368 g/mol. The first-order chi connectivity index (χ1) is 11.8. The highest BCUT2D eigenvalue weighted by Gasteiger charge is 2.25. The lowest BCUT2D eigenvalue weighted by molar-refractivity contribution is -0.157. The maximum Gasteiger partial charge on any atom is 0.347 e. The number of hydrogen-bond donors (Lipinski definition) is 1. The highest BCUT2D eigenvalue weighted by atomic mass is 35.5. The standard InChI is InChI=1S/C17H21ClN2O5/c1-11(25-14-7-3-12(18)4-8-14)17(23)24-10-16(22)20(2)9-15(21)19-13-5-6-13/h3-4,7-8,11,13H,5-6,9-10H2,1-2H3,(H,19,21)/t11-/m1/s1. The number of nitrogens with one attached hydrogen (secondary N) is 1. The topological polar surface area (TPSA) is 84.9 Å². The molecule has 136 valence electrons. The molecule has 1 N–H and O–H groups in total. The van der Waals surface area contributed by atoms with E-state index in [2.05, 4.69) is 5.32 Å². The van der Waals surface area contributed by atoms with Crippen LogP contribution < -0.4 is 10.1 Å². The van der Waals surface area contributed by atoms with Crippen LogP contribution in [-0.2, 0) is 19.1 Å². The van der Waals surface area contributed by atoms with Gasteiger partial charge in [-0.05, 0) is 44.0 Å². The van der Waals surface area contributed by atoms with E-state index in [0.717, 1.165) is 12.8 Å². The summed E-state index contributed by atoms with van der Waals surface area (Å²) in [6.45, 7) is 1.01. The first-order valence-corrected chi connectivity index (χ1v) is 8.35. The Labute approximate surface area is 151 Å². The molecule has 1 aromatic rings. The summed E-state index contributed by atoms with van der Waals surface area (Å²) in [5.41, 5.74) is 0. The lowest BCUT2D eigenvalue weighted by Crippen LogP contribution is -2.41. The molecule has 1 aliphatic rings. The lowest BCUT2D eigenvalue weighted by Gasteiger charge is -2.18. The zero-order valence-corrected chi connectivity index (χ0v) is 14.9. The van der Waals surface area contributed by atoms with Gasteiger partial charge in [-0.2, -0.15) is 0 Å². The van der Waals surface area contributed by atoms with Crippen molar-refractivity contribution >= 4 is 29.4 Å². The zero-order valence-electron chi connectivity index (χ0n) is 14.2. The Kier molecular flexibility index (Phi) is 6.64. The first kappa shape index (κ1) is 19.1. The fraction of sp³-hybridized carbons (Fsp3) is 0.471. The van der Waals surface area contributed by atoms with Gasteiger partial charge in [0.25, 0.3) is 5.91 Å². The van der Waals surface area contributed by atoms with Crippen molar-refractivity contribution in [3.63, 3.8) is 0 Å². The molecule has 1 fully saturated rings. The number of ether oxygens (including phenoxy) is 2. The third-order valence-electron chi connectivity index (χ3n) is 3.55. The number of hydrogen-bond acceptors (Lipinski definition) is 5. The van der Waals surface area contributed by atoms with Crippen molar-refractivity contribution in [1.82, 2.24) is 10.2 Å². The Hall–Kier alpha value is -2.28. The van der Waals surface area contributed by atoms with Crippen LogP contribution in [0.4, 0.5) is 0 Å². The second kappa shape index (κ2) is 8.71. The van der Waals surface area contributed by atoms with Crippen LogP contribution in [-0.4, -0.2) is 55.0 Å². The summed E-state index contributed by atoms with van der Waals surface area (Å²) in [5, 5.41) is 3.34. The molecule has 0 aliphatic heterocycles. The van der Waals surface area contributed by atoms with E-state index < -0.39 is 24.6 Å². The highest BCUT2D eigenvalue weighted by molar-refractivity contribution is 6.30. The van der Waals surface area contributed by atoms with Gasteiger partial charge in [0.15, 0.2) is 12.7 Å². The van der Waals surface area contributed by atoms with Gasteiger partial charge in [-0.1, -0.05) is 11.6 Å². The van der Waals surface area contributed by atoms with Crippen molar-refractivity contribution in [2.24, 2.45) is 0 Å². The molecule has 2 rings (SSSR count). The quantitative estimate of drug-likeness (QED) is 0.701. The summed E-state index contributed by atoms with van der Waals surface area (Å²) >= 11 is 5.77. The van der Waals surface area contributed by atoms with E-state index >= 15 is 0 Å². The second-order valence-corrected chi connectivity index (χ2v) is 6.35. The normalized spacial score (nSPS) is 14.4. The van der Waals surface area contributed by atoms with E-state index in [9.17, 15) is 14.4 Å². The second-order valence-electron chi connectivity index (χ2n) is 5.91. The molecule has 0 unspecified atom stereocenters. The average Bonchev–Trinajstić information content (AvgIpc) is 3.37. The van der Waals surface area contributed by atoms with Crippen molar-refractivity contribution in [3.8, 4) is 5.75 Å². The van der Waals surface area contributed by atoms with Gasteiger partial charge in [-0.15, -0.1) is 0 Å². The lowest BCUT2D eigenvalue weighted by atomic mass is 10.3. The smallest absolute Gasteiger partial charge is 0.347 e. The summed E-state index contributed by atoms with van der Waals surface area (Å²) in [7, 11) is 1.48. The van der Waals surface area contributed by atoms with E-state index in [0.29, 0.717) is 10.8 Å². The predicted octanol–water partition coefficient (Wildman–Crippen LogP) is 1.39. The Morgan fingerprint density at radius 2 is 1.92 bits per heavy atom. The van der Waals surface area contributed by atoms with Crippen molar-refractivity contribution in [2.75, 3.05) is 20.2 Å². The summed E-state index contributed by atoms with van der Waals surface area (Å²) in [5.74, 6) is -0.879. The maximum absolute atomic E-state index is 11.9. The van der Waals surface area contributed by atoms with E-state index in [1.807, 2.05) is 0 Å². The molecule has 7 nitrogen and oxygen atoms in total. The molecule has 0 spiro atoms. The number of nitrogens with zero attached hydrogens (tertiary/aromatic N) is 1. The van der Waals surface area contributed by atoms with Gasteiger partial charge in [-0.3, -0.25) is 9.59 Å². The van der Waals surface area contributed by atoms with Crippen molar-refractivity contribution in [1.29, 1.82) is 0 Å². The number of halogens is 1. The maximum atomic E-state index is 11.9. The highest BCUT2D eigenvalue weighted by Crippen LogP contribution is 2.18. The van der Waals surface area contributed by atoms with E-state index in [1.165, 1.54) is 18.9 Å². The third kappa shape index (κ3) is 6.62. The van der Waals surface area contributed by atoms with Crippen LogP contribution in [0.3, 0.4) is 0 Å². The average molecular weight is 369 g/mol. The van der Waals surface area contributed by atoms with Crippen LogP contribution in [0.2, 0.25) is 5.02 Å². The summed E-state index contributed by atoms with van der Waals surface area (Å²) in [6.07, 6.45) is 1.08.